The number of rotatable bonds is 4. The van der Waals surface area contributed by atoms with Crippen LogP contribution in [0.15, 0.2) is 12.1 Å². The zero-order valence-electron chi connectivity index (χ0n) is 9.10. The fraction of sp³-hybridized carbons (Fsp3) is 0.300. The van der Waals surface area contributed by atoms with Crippen LogP contribution in [0.1, 0.15) is 12.5 Å². The molecule has 0 aliphatic carbocycles. The average molecular weight is 259 g/mol. The fourth-order valence-electron chi connectivity index (χ4n) is 1.28. The molecule has 0 radical (unpaired) electrons. The number of benzene rings is 1. The predicted molar refractivity (Wildman–Crippen MR) is 62.9 cm³/mol. The lowest BCUT2D eigenvalue weighted by Gasteiger charge is -2.05. The van der Waals surface area contributed by atoms with Gasteiger partial charge in [0, 0.05) is 11.1 Å². The zero-order valence-corrected chi connectivity index (χ0v) is 9.86. The number of nitrogens with zero attached hydrogens (tertiary/aromatic N) is 1. The number of hydrogen-bond acceptors (Lipinski definition) is 5. The molecule has 1 rings (SSSR count). The smallest absolute Gasteiger partial charge is 0.310 e. The first-order valence-corrected chi connectivity index (χ1v) is 5.21. The van der Waals surface area contributed by atoms with Crippen molar-refractivity contribution in [3.63, 3.8) is 0 Å². The molecule has 0 saturated carbocycles. The van der Waals surface area contributed by atoms with Crippen LogP contribution >= 0.6 is 11.6 Å². The molecule has 0 aromatic heterocycles. The molecule has 6 nitrogen and oxygen atoms in total. The fourth-order valence-corrected chi connectivity index (χ4v) is 1.52. The van der Waals surface area contributed by atoms with E-state index in [1.165, 1.54) is 12.1 Å². The van der Waals surface area contributed by atoms with Crippen molar-refractivity contribution in [2.45, 2.75) is 13.3 Å². The van der Waals surface area contributed by atoms with Crippen molar-refractivity contribution in [3.05, 3.63) is 32.8 Å². The predicted octanol–water partition coefficient (Wildman–Crippen LogP) is 1.94. The number of nitro groups is 1. The van der Waals surface area contributed by atoms with Crippen LogP contribution in [-0.4, -0.2) is 17.5 Å². The van der Waals surface area contributed by atoms with Crippen LogP contribution < -0.4 is 5.73 Å². The molecule has 0 heterocycles. The van der Waals surface area contributed by atoms with Crippen LogP contribution in [0.5, 0.6) is 0 Å². The van der Waals surface area contributed by atoms with Crippen molar-refractivity contribution in [1.29, 1.82) is 0 Å². The molecule has 0 unspecified atom stereocenters. The van der Waals surface area contributed by atoms with Gasteiger partial charge in [0.25, 0.3) is 5.69 Å². The average Bonchev–Trinajstić information content (AvgIpc) is 2.21. The van der Waals surface area contributed by atoms with Crippen LogP contribution in [0.2, 0.25) is 5.02 Å². The van der Waals surface area contributed by atoms with Crippen LogP contribution in [-0.2, 0) is 16.0 Å². The van der Waals surface area contributed by atoms with Gasteiger partial charge in [0.2, 0.25) is 0 Å². The first-order valence-electron chi connectivity index (χ1n) is 4.83. The minimum atomic E-state index is -0.625. The Bertz CT molecular complexity index is 462. The number of nitrogens with two attached hydrogens (primary N) is 1. The highest BCUT2D eigenvalue weighted by molar-refractivity contribution is 6.32. The van der Waals surface area contributed by atoms with E-state index in [1.807, 2.05) is 0 Å². The molecule has 0 fully saturated rings. The van der Waals surface area contributed by atoms with Gasteiger partial charge in [0.15, 0.2) is 0 Å². The summed E-state index contributed by atoms with van der Waals surface area (Å²) in [6.45, 7) is 1.92. The number of hydrogen-bond donors (Lipinski definition) is 1. The monoisotopic (exact) mass is 258 g/mol. The highest BCUT2D eigenvalue weighted by Gasteiger charge is 2.17. The van der Waals surface area contributed by atoms with Gasteiger partial charge in [-0.1, -0.05) is 11.6 Å². The van der Waals surface area contributed by atoms with E-state index < -0.39 is 10.9 Å². The van der Waals surface area contributed by atoms with E-state index in [0.29, 0.717) is 5.56 Å². The lowest BCUT2D eigenvalue weighted by atomic mass is 10.1. The molecule has 17 heavy (non-hydrogen) atoms. The Hall–Kier alpha value is -1.82. The molecule has 0 bridgehead atoms. The third-order valence-corrected chi connectivity index (χ3v) is 2.38. The number of halogens is 1. The van der Waals surface area contributed by atoms with Crippen LogP contribution in [0, 0.1) is 10.1 Å². The molecule has 0 amide bonds. The summed E-state index contributed by atoms with van der Waals surface area (Å²) in [5.41, 5.74) is 5.46. The molecule has 0 spiro atoms. The Kier molecular flexibility index (Phi) is 4.28. The second-order valence-corrected chi connectivity index (χ2v) is 3.65. The Morgan fingerprint density at radius 3 is 2.76 bits per heavy atom. The van der Waals surface area contributed by atoms with Crippen molar-refractivity contribution in [2.24, 2.45) is 0 Å². The van der Waals surface area contributed by atoms with Crippen molar-refractivity contribution in [3.8, 4) is 0 Å². The summed E-state index contributed by atoms with van der Waals surface area (Å²) in [6.07, 6.45) is -0.117. The van der Waals surface area contributed by atoms with E-state index >= 15 is 0 Å². The molecular formula is C10H11ClN2O4. The summed E-state index contributed by atoms with van der Waals surface area (Å²) < 4.78 is 4.73. The minimum absolute atomic E-state index is 0.0346. The third-order valence-electron chi connectivity index (χ3n) is 2.03. The standard InChI is InChI=1S/C10H11ClN2O4/c1-2-17-10(14)4-6-3-9(13(15)16)8(12)5-7(6)11/h3,5H,2,4,12H2,1H3. The molecule has 7 heteroatoms. The number of carbonyl (C=O) groups is 1. The van der Waals surface area contributed by atoms with Crippen molar-refractivity contribution in [2.75, 3.05) is 12.3 Å². The number of carbonyl (C=O) groups excluding carboxylic acids is 1. The lowest BCUT2D eigenvalue weighted by Crippen LogP contribution is -2.08. The van der Waals surface area contributed by atoms with Crippen molar-refractivity contribution < 1.29 is 14.5 Å². The van der Waals surface area contributed by atoms with E-state index in [-0.39, 0.29) is 29.4 Å². The molecular weight excluding hydrogens is 248 g/mol. The van der Waals surface area contributed by atoms with Gasteiger partial charge < -0.3 is 10.5 Å². The van der Waals surface area contributed by atoms with Crippen molar-refractivity contribution >= 4 is 28.9 Å². The number of nitro benzene ring substituents is 1. The number of ether oxygens (including phenoxy) is 1. The molecule has 2 N–H and O–H groups in total. The summed E-state index contributed by atoms with van der Waals surface area (Å²) in [6, 6.07) is 2.45. The maximum Gasteiger partial charge on any atom is 0.310 e. The molecule has 1 aromatic carbocycles. The van der Waals surface area contributed by atoms with Gasteiger partial charge in [-0.25, -0.2) is 0 Å². The van der Waals surface area contributed by atoms with Crippen LogP contribution in [0.25, 0.3) is 0 Å². The first-order chi connectivity index (χ1) is 7.95. The second-order valence-electron chi connectivity index (χ2n) is 3.24. The van der Waals surface area contributed by atoms with E-state index in [9.17, 15) is 14.9 Å². The quantitative estimate of drug-likeness (QED) is 0.385. The number of anilines is 1. The maximum atomic E-state index is 11.2. The third kappa shape index (κ3) is 3.32. The van der Waals surface area contributed by atoms with Crippen molar-refractivity contribution in [1.82, 2.24) is 0 Å². The maximum absolute atomic E-state index is 11.2. The first kappa shape index (κ1) is 13.2. The Morgan fingerprint density at radius 2 is 2.24 bits per heavy atom. The lowest BCUT2D eigenvalue weighted by molar-refractivity contribution is -0.383. The molecule has 0 atom stereocenters. The van der Waals surface area contributed by atoms with Gasteiger partial charge in [-0.2, -0.15) is 0 Å². The van der Waals surface area contributed by atoms with Gasteiger partial charge in [0.1, 0.15) is 5.69 Å². The van der Waals surface area contributed by atoms with Crippen LogP contribution in [0.3, 0.4) is 0 Å². The zero-order chi connectivity index (χ0) is 13.0. The van der Waals surface area contributed by atoms with Crippen LogP contribution in [0.4, 0.5) is 11.4 Å². The SMILES string of the molecule is CCOC(=O)Cc1cc([N+](=O)[O-])c(N)cc1Cl. The number of esters is 1. The molecule has 1 aromatic rings. The Balaban J connectivity index is 3.03. The summed E-state index contributed by atoms with van der Waals surface area (Å²) >= 11 is 5.84. The molecule has 0 aliphatic rings. The van der Waals surface area contributed by atoms with E-state index in [0.717, 1.165) is 0 Å². The molecule has 0 saturated heterocycles. The molecule has 0 aliphatic heterocycles. The highest BCUT2D eigenvalue weighted by atomic mass is 35.5. The largest absolute Gasteiger partial charge is 0.466 e. The summed E-state index contributed by atoms with van der Waals surface area (Å²) in [7, 11) is 0. The van der Waals surface area contributed by atoms with Gasteiger partial charge in [0.05, 0.1) is 18.0 Å². The van der Waals surface area contributed by atoms with Gasteiger partial charge in [-0.3, -0.25) is 14.9 Å². The summed E-state index contributed by atoms with van der Waals surface area (Å²) in [5, 5.41) is 10.9. The van der Waals surface area contributed by atoms with E-state index in [4.69, 9.17) is 22.1 Å². The number of nitrogen functional groups attached to an aromatic ring is 1. The minimum Gasteiger partial charge on any atom is -0.466 e. The summed E-state index contributed by atoms with van der Waals surface area (Å²) in [4.78, 5) is 21.3. The van der Waals surface area contributed by atoms with Gasteiger partial charge in [-0.15, -0.1) is 0 Å². The molecule has 92 valence electrons. The van der Waals surface area contributed by atoms with E-state index in [2.05, 4.69) is 0 Å². The highest BCUT2D eigenvalue weighted by Crippen LogP contribution is 2.29. The van der Waals surface area contributed by atoms with E-state index in [1.54, 1.807) is 6.92 Å². The normalized spacial score (nSPS) is 10.0. The Morgan fingerprint density at radius 1 is 1.59 bits per heavy atom. The topological polar surface area (TPSA) is 95.5 Å². The second kappa shape index (κ2) is 5.49. The summed E-state index contributed by atoms with van der Waals surface area (Å²) in [5.74, 6) is -0.492. The Labute approximate surface area is 102 Å². The van der Waals surface area contributed by atoms with Gasteiger partial charge in [-0.05, 0) is 18.6 Å². The van der Waals surface area contributed by atoms with Gasteiger partial charge >= 0.3 is 5.97 Å².